The third kappa shape index (κ3) is 4.90. The molecular formula is C18H16BrCl2NO4. The fourth-order valence-electron chi connectivity index (χ4n) is 2.33. The lowest BCUT2D eigenvalue weighted by molar-refractivity contribution is -0.113. The van der Waals surface area contributed by atoms with Gasteiger partial charge in [0.25, 0.3) is 0 Å². The Morgan fingerprint density at radius 3 is 2.27 bits per heavy atom. The molecular weight excluding hydrogens is 445 g/mol. The van der Waals surface area contributed by atoms with Gasteiger partial charge in [0.15, 0.2) is 17.3 Å². The van der Waals surface area contributed by atoms with Crippen LogP contribution in [0.4, 0.5) is 5.69 Å². The third-order valence-electron chi connectivity index (χ3n) is 3.57. The van der Waals surface area contributed by atoms with Crippen molar-refractivity contribution in [3.63, 3.8) is 0 Å². The van der Waals surface area contributed by atoms with E-state index in [0.717, 1.165) is 0 Å². The summed E-state index contributed by atoms with van der Waals surface area (Å²) < 4.78 is 10.5. The number of carbonyl (C=O) groups is 2. The number of methoxy groups -OCH3 is 2. The lowest BCUT2D eigenvalue weighted by Crippen LogP contribution is -2.16. The minimum Gasteiger partial charge on any atom is -0.493 e. The molecule has 0 saturated heterocycles. The number of halogens is 3. The SMILES string of the molecule is COc1cc(NC(=O)CBr)c(C(=O)Cc2ccc(Cl)c(Cl)c2)cc1OC. The van der Waals surface area contributed by atoms with Gasteiger partial charge in [-0.3, -0.25) is 9.59 Å². The molecule has 26 heavy (non-hydrogen) atoms. The van der Waals surface area contributed by atoms with E-state index in [0.29, 0.717) is 38.4 Å². The molecule has 0 bridgehead atoms. The molecule has 0 fully saturated rings. The number of hydrogen-bond acceptors (Lipinski definition) is 4. The van der Waals surface area contributed by atoms with Crippen molar-refractivity contribution < 1.29 is 19.1 Å². The monoisotopic (exact) mass is 459 g/mol. The molecule has 0 aromatic heterocycles. The van der Waals surface area contributed by atoms with E-state index in [4.69, 9.17) is 32.7 Å². The van der Waals surface area contributed by atoms with Crippen LogP contribution in [0.3, 0.4) is 0 Å². The molecule has 5 nitrogen and oxygen atoms in total. The van der Waals surface area contributed by atoms with Crippen LogP contribution in [0.5, 0.6) is 11.5 Å². The van der Waals surface area contributed by atoms with Crippen LogP contribution in [0.2, 0.25) is 10.0 Å². The van der Waals surface area contributed by atoms with Gasteiger partial charge in [-0.2, -0.15) is 0 Å². The topological polar surface area (TPSA) is 64.6 Å². The zero-order chi connectivity index (χ0) is 19.3. The molecule has 8 heteroatoms. The Morgan fingerprint density at radius 2 is 1.69 bits per heavy atom. The maximum absolute atomic E-state index is 12.8. The molecule has 2 aromatic carbocycles. The first-order valence-corrected chi connectivity index (χ1v) is 9.36. The number of anilines is 1. The Hall–Kier alpha value is -1.76. The van der Waals surface area contributed by atoms with Gasteiger partial charge in [0.2, 0.25) is 5.91 Å². The Balaban J connectivity index is 2.41. The van der Waals surface area contributed by atoms with Gasteiger partial charge in [0.1, 0.15) is 0 Å². The first kappa shape index (κ1) is 20.6. The predicted octanol–water partition coefficient (Wildman–Crippen LogP) is 4.77. The third-order valence-corrected chi connectivity index (χ3v) is 4.82. The summed E-state index contributed by atoms with van der Waals surface area (Å²) in [6.07, 6.45) is 0.0869. The quantitative estimate of drug-likeness (QED) is 0.477. The van der Waals surface area contributed by atoms with Gasteiger partial charge in [-0.05, 0) is 23.8 Å². The van der Waals surface area contributed by atoms with E-state index in [1.54, 1.807) is 30.3 Å². The highest BCUT2D eigenvalue weighted by molar-refractivity contribution is 9.09. The first-order chi connectivity index (χ1) is 12.4. The Labute approximate surface area is 169 Å². The van der Waals surface area contributed by atoms with E-state index in [9.17, 15) is 9.59 Å². The molecule has 0 unspecified atom stereocenters. The summed E-state index contributed by atoms with van der Waals surface area (Å²) in [4.78, 5) is 24.6. The van der Waals surface area contributed by atoms with Crippen molar-refractivity contribution in [2.24, 2.45) is 0 Å². The van der Waals surface area contributed by atoms with Crippen LogP contribution >= 0.6 is 39.1 Å². The molecule has 0 aliphatic carbocycles. The maximum atomic E-state index is 12.8. The molecule has 138 valence electrons. The largest absolute Gasteiger partial charge is 0.493 e. The smallest absolute Gasteiger partial charge is 0.235 e. The summed E-state index contributed by atoms with van der Waals surface area (Å²) in [6, 6.07) is 8.10. The van der Waals surface area contributed by atoms with Crippen molar-refractivity contribution in [2.75, 3.05) is 24.9 Å². The van der Waals surface area contributed by atoms with Crippen molar-refractivity contribution in [1.29, 1.82) is 0 Å². The number of rotatable bonds is 7. The van der Waals surface area contributed by atoms with Crippen LogP contribution < -0.4 is 14.8 Å². The highest BCUT2D eigenvalue weighted by Gasteiger charge is 2.19. The maximum Gasteiger partial charge on any atom is 0.235 e. The van der Waals surface area contributed by atoms with E-state index < -0.39 is 0 Å². The Morgan fingerprint density at radius 1 is 1.04 bits per heavy atom. The van der Waals surface area contributed by atoms with E-state index in [2.05, 4.69) is 21.2 Å². The zero-order valence-electron chi connectivity index (χ0n) is 14.1. The van der Waals surface area contributed by atoms with Gasteiger partial charge < -0.3 is 14.8 Å². The number of alkyl halides is 1. The second-order valence-electron chi connectivity index (χ2n) is 5.28. The molecule has 0 heterocycles. The molecule has 1 N–H and O–H groups in total. The van der Waals surface area contributed by atoms with Gasteiger partial charge in [0.05, 0.1) is 35.3 Å². The molecule has 0 atom stereocenters. The van der Waals surface area contributed by atoms with E-state index in [1.807, 2.05) is 0 Å². The average Bonchev–Trinajstić information content (AvgIpc) is 2.64. The minimum atomic E-state index is -0.291. The van der Waals surface area contributed by atoms with Crippen LogP contribution in [-0.4, -0.2) is 31.2 Å². The molecule has 2 aromatic rings. The normalized spacial score (nSPS) is 10.3. The van der Waals surface area contributed by atoms with Gasteiger partial charge in [0, 0.05) is 18.1 Å². The predicted molar refractivity (Wildman–Crippen MR) is 106 cm³/mol. The summed E-state index contributed by atoms with van der Waals surface area (Å²) in [5.74, 6) is 0.292. The van der Waals surface area contributed by atoms with Crippen LogP contribution in [0, 0.1) is 0 Å². The summed E-state index contributed by atoms with van der Waals surface area (Å²) >= 11 is 15.0. The fraction of sp³-hybridized carbons (Fsp3) is 0.222. The van der Waals surface area contributed by atoms with Crippen molar-refractivity contribution in [3.05, 3.63) is 51.5 Å². The molecule has 0 radical (unpaired) electrons. The van der Waals surface area contributed by atoms with Crippen molar-refractivity contribution >= 4 is 56.5 Å². The van der Waals surface area contributed by atoms with Gasteiger partial charge in [-0.1, -0.05) is 45.2 Å². The number of ketones is 1. The van der Waals surface area contributed by atoms with E-state index >= 15 is 0 Å². The molecule has 2 rings (SSSR count). The summed E-state index contributed by atoms with van der Waals surface area (Å²) in [6.45, 7) is 0. The van der Waals surface area contributed by atoms with Crippen molar-refractivity contribution in [1.82, 2.24) is 0 Å². The molecule has 0 aliphatic rings. The highest BCUT2D eigenvalue weighted by Crippen LogP contribution is 2.34. The summed E-state index contributed by atoms with van der Waals surface area (Å²) in [5, 5.41) is 3.57. The highest BCUT2D eigenvalue weighted by atomic mass is 79.9. The van der Waals surface area contributed by atoms with Crippen LogP contribution in [-0.2, 0) is 11.2 Å². The van der Waals surface area contributed by atoms with Gasteiger partial charge in [-0.15, -0.1) is 0 Å². The number of amides is 1. The van der Waals surface area contributed by atoms with E-state index in [1.165, 1.54) is 14.2 Å². The van der Waals surface area contributed by atoms with Gasteiger partial charge in [-0.25, -0.2) is 0 Å². The second kappa shape index (κ2) is 9.26. The van der Waals surface area contributed by atoms with Crippen molar-refractivity contribution in [3.8, 4) is 11.5 Å². The lowest BCUT2D eigenvalue weighted by Gasteiger charge is -2.15. The number of benzene rings is 2. The number of Topliss-reactive ketones (excluding diaryl/α,β-unsaturated/α-hetero) is 1. The summed E-state index contributed by atoms with van der Waals surface area (Å²) in [5.41, 5.74) is 1.36. The van der Waals surface area contributed by atoms with Crippen LogP contribution in [0.25, 0.3) is 0 Å². The molecule has 0 aliphatic heterocycles. The fourth-order valence-corrected chi connectivity index (χ4v) is 2.79. The van der Waals surface area contributed by atoms with Crippen LogP contribution in [0.1, 0.15) is 15.9 Å². The second-order valence-corrected chi connectivity index (χ2v) is 6.66. The molecule has 0 saturated carbocycles. The van der Waals surface area contributed by atoms with E-state index in [-0.39, 0.29) is 23.4 Å². The molecule has 1 amide bonds. The zero-order valence-corrected chi connectivity index (χ0v) is 17.2. The lowest BCUT2D eigenvalue weighted by atomic mass is 10.0. The number of hydrogen-bond donors (Lipinski definition) is 1. The minimum absolute atomic E-state index is 0.0869. The average molecular weight is 461 g/mol. The van der Waals surface area contributed by atoms with Crippen LogP contribution in [0.15, 0.2) is 30.3 Å². The summed E-state index contributed by atoms with van der Waals surface area (Å²) in [7, 11) is 2.95. The Kier molecular flexibility index (Phi) is 7.32. The van der Waals surface area contributed by atoms with Crippen molar-refractivity contribution in [2.45, 2.75) is 6.42 Å². The Bertz CT molecular complexity index is 842. The molecule has 0 spiro atoms. The number of ether oxygens (including phenoxy) is 2. The van der Waals surface area contributed by atoms with Gasteiger partial charge >= 0.3 is 0 Å². The number of nitrogens with one attached hydrogen (secondary N) is 1. The standard InChI is InChI=1S/C18H16BrCl2NO4/c1-25-16-7-11(14(8-17(16)26-2)22-18(24)9-19)15(23)6-10-3-4-12(20)13(21)5-10/h3-5,7-8H,6,9H2,1-2H3,(H,22,24). The first-order valence-electron chi connectivity index (χ1n) is 7.48. The number of carbonyl (C=O) groups excluding carboxylic acids is 2.